The zero-order valence-electron chi connectivity index (χ0n) is 17.6. The largest absolute Gasteiger partial charge is 0.507 e. The minimum atomic E-state index is -0.354. The lowest BCUT2D eigenvalue weighted by Gasteiger charge is -2.27. The van der Waals surface area contributed by atoms with Crippen molar-refractivity contribution in [2.24, 2.45) is 11.8 Å². The van der Waals surface area contributed by atoms with Gasteiger partial charge in [0.1, 0.15) is 11.3 Å². The van der Waals surface area contributed by atoms with Crippen molar-refractivity contribution in [1.82, 2.24) is 4.90 Å². The Kier molecular flexibility index (Phi) is 6.09. The van der Waals surface area contributed by atoms with Crippen molar-refractivity contribution in [1.29, 1.82) is 0 Å². The molecule has 0 fully saturated rings. The summed E-state index contributed by atoms with van der Waals surface area (Å²) in [7, 11) is 0. The van der Waals surface area contributed by atoms with Crippen LogP contribution in [-0.4, -0.2) is 23.1 Å². The fraction of sp³-hybridized carbons (Fsp3) is 0.458. The molecule has 1 aromatic heterocycles. The topological polar surface area (TPSA) is 53.7 Å². The first-order chi connectivity index (χ1) is 13.3. The third-order valence-corrected chi connectivity index (χ3v) is 5.07. The van der Waals surface area contributed by atoms with Crippen LogP contribution < -0.4 is 5.63 Å². The molecule has 2 aromatic carbocycles. The minimum absolute atomic E-state index is 0.256. The average molecular weight is 382 g/mol. The molecule has 0 radical (unpaired) electrons. The van der Waals surface area contributed by atoms with Crippen LogP contribution in [0.2, 0.25) is 0 Å². The molecule has 28 heavy (non-hydrogen) atoms. The molecule has 0 aliphatic heterocycles. The van der Waals surface area contributed by atoms with Crippen molar-refractivity contribution < 1.29 is 9.52 Å². The quantitative estimate of drug-likeness (QED) is 0.444. The number of aryl methyl sites for hydroxylation is 1. The predicted octanol–water partition coefficient (Wildman–Crippen LogP) is 5.33. The Hall–Kier alpha value is -2.33. The normalized spacial score (nSPS) is 12.1. The summed E-state index contributed by atoms with van der Waals surface area (Å²) in [5.74, 6) is 1.27. The molecule has 3 rings (SSSR count). The van der Waals surface area contributed by atoms with Gasteiger partial charge in [-0.2, -0.15) is 0 Å². The number of nitrogens with zero attached hydrogens (tertiary/aromatic N) is 1. The maximum Gasteiger partial charge on any atom is 0.344 e. The van der Waals surface area contributed by atoms with E-state index in [1.165, 1.54) is 0 Å². The van der Waals surface area contributed by atoms with Crippen molar-refractivity contribution in [3.8, 4) is 5.75 Å². The number of fused-ring (bicyclic) bond motifs is 3. The van der Waals surface area contributed by atoms with Gasteiger partial charge in [0.2, 0.25) is 0 Å². The van der Waals surface area contributed by atoms with Crippen molar-refractivity contribution in [2.75, 3.05) is 13.1 Å². The molecule has 0 atom stereocenters. The van der Waals surface area contributed by atoms with Crippen LogP contribution in [-0.2, 0) is 13.0 Å². The molecule has 0 spiro atoms. The molecule has 4 heteroatoms. The molecule has 1 N–H and O–H groups in total. The maximum atomic E-state index is 12.6. The summed E-state index contributed by atoms with van der Waals surface area (Å²) in [5, 5.41) is 13.3. The zero-order valence-corrected chi connectivity index (χ0v) is 17.6. The molecule has 3 aromatic rings. The highest BCUT2D eigenvalue weighted by molar-refractivity contribution is 6.06. The number of phenols is 1. The van der Waals surface area contributed by atoms with E-state index in [-0.39, 0.29) is 11.4 Å². The van der Waals surface area contributed by atoms with E-state index in [1.807, 2.05) is 31.2 Å². The fourth-order valence-electron chi connectivity index (χ4n) is 4.01. The van der Waals surface area contributed by atoms with Gasteiger partial charge in [0.25, 0.3) is 0 Å². The van der Waals surface area contributed by atoms with Gasteiger partial charge in [0, 0.05) is 25.0 Å². The standard InChI is InChI=1S/C24H31NO3/c1-6-17-11-20-18-9-7-8-10-19(18)24(27)28-23(20)21(22(17)26)14-25(12-15(2)3)13-16(4)5/h7-11,15-16,26H,6,12-14H2,1-5H3. The van der Waals surface area contributed by atoms with Crippen LogP contribution in [0.4, 0.5) is 0 Å². The Labute approximate surface area is 166 Å². The molecule has 150 valence electrons. The van der Waals surface area contributed by atoms with E-state index in [2.05, 4.69) is 32.6 Å². The van der Waals surface area contributed by atoms with Crippen molar-refractivity contribution in [2.45, 2.75) is 47.6 Å². The SMILES string of the molecule is CCc1cc2c(oc(=O)c3ccccc32)c(CN(CC(C)C)CC(C)C)c1O. The van der Waals surface area contributed by atoms with Crippen molar-refractivity contribution in [3.05, 3.63) is 51.9 Å². The Morgan fingerprint density at radius 3 is 2.18 bits per heavy atom. The summed E-state index contributed by atoms with van der Waals surface area (Å²) in [4.78, 5) is 14.9. The zero-order chi connectivity index (χ0) is 20.4. The summed E-state index contributed by atoms with van der Waals surface area (Å²) in [6, 6.07) is 9.50. The first kappa shape index (κ1) is 20.4. The number of hydrogen-bond acceptors (Lipinski definition) is 4. The van der Waals surface area contributed by atoms with Crippen LogP contribution in [0.25, 0.3) is 21.7 Å². The second kappa shape index (κ2) is 8.36. The van der Waals surface area contributed by atoms with Gasteiger partial charge in [-0.15, -0.1) is 0 Å². The first-order valence-electron chi connectivity index (χ1n) is 10.2. The molecule has 0 saturated carbocycles. The molecule has 0 amide bonds. The van der Waals surface area contributed by atoms with E-state index < -0.39 is 0 Å². The highest BCUT2D eigenvalue weighted by Crippen LogP contribution is 2.35. The summed E-state index contributed by atoms with van der Waals surface area (Å²) in [6.07, 6.45) is 0.719. The van der Waals surface area contributed by atoms with Gasteiger partial charge in [-0.1, -0.05) is 52.8 Å². The van der Waals surface area contributed by atoms with Crippen LogP contribution in [0.3, 0.4) is 0 Å². The lowest BCUT2D eigenvalue weighted by atomic mass is 9.98. The fourth-order valence-corrected chi connectivity index (χ4v) is 4.01. The average Bonchev–Trinajstić information content (AvgIpc) is 2.63. The molecular weight excluding hydrogens is 350 g/mol. The number of rotatable bonds is 7. The highest BCUT2D eigenvalue weighted by atomic mass is 16.4. The molecule has 0 aliphatic carbocycles. The Bertz CT molecular complexity index is 1020. The van der Waals surface area contributed by atoms with E-state index >= 15 is 0 Å². The van der Waals surface area contributed by atoms with Crippen molar-refractivity contribution in [3.63, 3.8) is 0 Å². The molecular formula is C24H31NO3. The molecule has 0 aliphatic rings. The predicted molar refractivity (Wildman–Crippen MR) is 116 cm³/mol. The van der Waals surface area contributed by atoms with Gasteiger partial charge in [0.15, 0.2) is 0 Å². The van der Waals surface area contributed by atoms with E-state index in [4.69, 9.17) is 4.42 Å². The molecule has 1 heterocycles. The molecule has 4 nitrogen and oxygen atoms in total. The Balaban J connectivity index is 2.25. The Morgan fingerprint density at radius 2 is 1.61 bits per heavy atom. The summed E-state index contributed by atoms with van der Waals surface area (Å²) in [5.41, 5.74) is 1.76. The van der Waals surface area contributed by atoms with E-state index in [9.17, 15) is 9.90 Å². The second-order valence-electron chi connectivity index (χ2n) is 8.51. The maximum absolute atomic E-state index is 12.6. The van der Waals surface area contributed by atoms with Gasteiger partial charge in [-0.3, -0.25) is 4.90 Å². The smallest absolute Gasteiger partial charge is 0.344 e. The van der Waals surface area contributed by atoms with Gasteiger partial charge >= 0.3 is 5.63 Å². The van der Waals surface area contributed by atoms with Crippen LogP contribution >= 0.6 is 0 Å². The molecule has 0 bridgehead atoms. The third-order valence-electron chi connectivity index (χ3n) is 5.07. The summed E-state index contributed by atoms with van der Waals surface area (Å²) in [6.45, 7) is 13.2. The highest BCUT2D eigenvalue weighted by Gasteiger charge is 2.20. The summed E-state index contributed by atoms with van der Waals surface area (Å²) >= 11 is 0. The lowest BCUT2D eigenvalue weighted by molar-refractivity contribution is 0.209. The van der Waals surface area contributed by atoms with Gasteiger partial charge in [0.05, 0.1) is 10.9 Å². The van der Waals surface area contributed by atoms with Crippen LogP contribution in [0.15, 0.2) is 39.5 Å². The van der Waals surface area contributed by atoms with Gasteiger partial charge < -0.3 is 9.52 Å². The monoisotopic (exact) mass is 381 g/mol. The van der Waals surface area contributed by atoms with Crippen molar-refractivity contribution >= 4 is 21.7 Å². The number of hydrogen-bond donors (Lipinski definition) is 1. The van der Waals surface area contributed by atoms with E-state index in [0.29, 0.717) is 29.3 Å². The van der Waals surface area contributed by atoms with Gasteiger partial charge in [-0.25, -0.2) is 4.79 Å². The number of phenolic OH excluding ortho intramolecular Hbond substituents is 1. The third kappa shape index (κ3) is 4.07. The Morgan fingerprint density at radius 1 is 1.00 bits per heavy atom. The van der Waals surface area contributed by atoms with Crippen LogP contribution in [0, 0.1) is 11.8 Å². The minimum Gasteiger partial charge on any atom is -0.507 e. The first-order valence-corrected chi connectivity index (χ1v) is 10.2. The molecule has 0 unspecified atom stereocenters. The number of benzene rings is 2. The van der Waals surface area contributed by atoms with E-state index in [1.54, 1.807) is 6.07 Å². The van der Waals surface area contributed by atoms with Gasteiger partial charge in [-0.05, 0) is 41.3 Å². The van der Waals surface area contributed by atoms with Crippen LogP contribution in [0.5, 0.6) is 5.75 Å². The lowest BCUT2D eigenvalue weighted by Crippen LogP contribution is -2.31. The molecule has 0 saturated heterocycles. The van der Waals surface area contributed by atoms with E-state index in [0.717, 1.165) is 41.4 Å². The summed E-state index contributed by atoms with van der Waals surface area (Å²) < 4.78 is 5.76. The number of aromatic hydroxyl groups is 1. The second-order valence-corrected chi connectivity index (χ2v) is 8.51. The van der Waals surface area contributed by atoms with Crippen LogP contribution in [0.1, 0.15) is 45.7 Å².